The van der Waals surface area contributed by atoms with Crippen LogP contribution in [0, 0.1) is 6.92 Å². The second kappa shape index (κ2) is 6.15. The SMILES string of the molecule is CCC1(CC)CN(Cc2ccc(N)cc2)c2ccc(C)cc2O1. The summed E-state index contributed by atoms with van der Waals surface area (Å²) in [7, 11) is 0. The van der Waals surface area contributed by atoms with Crippen LogP contribution < -0.4 is 15.4 Å². The standard InChI is InChI=1S/C20H26N2O/c1-4-20(5-2)14-22(13-16-7-9-17(21)10-8-16)18-11-6-15(3)12-19(18)23-20/h6-12H,4-5,13-14,21H2,1-3H3. The molecule has 1 aliphatic rings. The van der Waals surface area contributed by atoms with Crippen molar-refractivity contribution in [1.29, 1.82) is 0 Å². The molecule has 0 unspecified atom stereocenters. The minimum Gasteiger partial charge on any atom is -0.483 e. The third kappa shape index (κ3) is 3.14. The first kappa shape index (κ1) is 15.7. The van der Waals surface area contributed by atoms with Crippen molar-refractivity contribution in [3.8, 4) is 5.75 Å². The Morgan fingerprint density at radius 3 is 2.43 bits per heavy atom. The van der Waals surface area contributed by atoms with Gasteiger partial charge in [-0.25, -0.2) is 0 Å². The highest BCUT2D eigenvalue weighted by atomic mass is 16.5. The maximum Gasteiger partial charge on any atom is 0.143 e. The van der Waals surface area contributed by atoms with E-state index in [9.17, 15) is 0 Å². The highest BCUT2D eigenvalue weighted by Crippen LogP contribution is 2.40. The summed E-state index contributed by atoms with van der Waals surface area (Å²) in [4.78, 5) is 2.44. The van der Waals surface area contributed by atoms with E-state index < -0.39 is 0 Å². The van der Waals surface area contributed by atoms with Crippen LogP contribution in [0.5, 0.6) is 5.75 Å². The smallest absolute Gasteiger partial charge is 0.143 e. The van der Waals surface area contributed by atoms with Gasteiger partial charge in [0.05, 0.1) is 12.2 Å². The number of benzene rings is 2. The zero-order valence-electron chi connectivity index (χ0n) is 14.3. The van der Waals surface area contributed by atoms with Gasteiger partial charge in [0.25, 0.3) is 0 Å². The van der Waals surface area contributed by atoms with Gasteiger partial charge >= 0.3 is 0 Å². The predicted octanol–water partition coefficient (Wildman–Crippen LogP) is 4.54. The van der Waals surface area contributed by atoms with E-state index >= 15 is 0 Å². The molecule has 0 amide bonds. The number of aryl methyl sites for hydroxylation is 1. The number of hydrogen-bond donors (Lipinski definition) is 1. The van der Waals surface area contributed by atoms with Gasteiger partial charge in [-0.05, 0) is 55.2 Å². The van der Waals surface area contributed by atoms with Crippen LogP contribution in [0.1, 0.15) is 37.8 Å². The van der Waals surface area contributed by atoms with E-state index in [0.717, 1.165) is 37.4 Å². The predicted molar refractivity (Wildman–Crippen MR) is 97.0 cm³/mol. The van der Waals surface area contributed by atoms with Gasteiger partial charge in [0.1, 0.15) is 11.4 Å². The van der Waals surface area contributed by atoms with Crippen molar-refractivity contribution < 1.29 is 4.74 Å². The Kier molecular flexibility index (Phi) is 4.20. The third-order valence-electron chi connectivity index (χ3n) is 4.90. The molecule has 0 saturated heterocycles. The lowest BCUT2D eigenvalue weighted by atomic mass is 9.93. The first-order valence-corrected chi connectivity index (χ1v) is 8.44. The fourth-order valence-electron chi connectivity index (χ4n) is 3.27. The number of nitrogens with two attached hydrogens (primary N) is 1. The third-order valence-corrected chi connectivity index (χ3v) is 4.90. The van der Waals surface area contributed by atoms with E-state index in [-0.39, 0.29) is 5.60 Å². The molecule has 3 nitrogen and oxygen atoms in total. The fraction of sp³-hybridized carbons (Fsp3) is 0.400. The van der Waals surface area contributed by atoms with Crippen LogP contribution in [0.15, 0.2) is 42.5 Å². The van der Waals surface area contributed by atoms with Crippen LogP contribution in [-0.2, 0) is 6.54 Å². The van der Waals surface area contributed by atoms with Gasteiger partial charge in [-0.15, -0.1) is 0 Å². The molecule has 1 heterocycles. The Morgan fingerprint density at radius 2 is 1.78 bits per heavy atom. The Balaban J connectivity index is 1.96. The molecule has 0 saturated carbocycles. The summed E-state index contributed by atoms with van der Waals surface area (Å²) < 4.78 is 6.42. The highest BCUT2D eigenvalue weighted by molar-refractivity contribution is 5.62. The van der Waals surface area contributed by atoms with Crippen molar-refractivity contribution in [2.75, 3.05) is 17.2 Å². The molecule has 122 valence electrons. The van der Waals surface area contributed by atoms with E-state index in [4.69, 9.17) is 10.5 Å². The van der Waals surface area contributed by atoms with Crippen molar-refractivity contribution in [3.63, 3.8) is 0 Å². The van der Waals surface area contributed by atoms with Crippen molar-refractivity contribution in [2.45, 2.75) is 45.8 Å². The van der Waals surface area contributed by atoms with Crippen LogP contribution >= 0.6 is 0 Å². The molecule has 23 heavy (non-hydrogen) atoms. The van der Waals surface area contributed by atoms with Crippen LogP contribution in [0.25, 0.3) is 0 Å². The molecule has 2 aromatic rings. The van der Waals surface area contributed by atoms with E-state index in [1.807, 2.05) is 12.1 Å². The number of fused-ring (bicyclic) bond motifs is 1. The maximum absolute atomic E-state index is 6.42. The topological polar surface area (TPSA) is 38.5 Å². The van der Waals surface area contributed by atoms with E-state index in [0.29, 0.717) is 0 Å². The molecule has 1 aliphatic heterocycles. The lowest BCUT2D eigenvalue weighted by molar-refractivity contribution is 0.0569. The normalized spacial score (nSPS) is 15.9. The Hall–Kier alpha value is -2.16. The van der Waals surface area contributed by atoms with Crippen LogP contribution in [0.3, 0.4) is 0 Å². The maximum atomic E-state index is 6.42. The summed E-state index contributed by atoms with van der Waals surface area (Å²) in [6, 6.07) is 14.7. The summed E-state index contributed by atoms with van der Waals surface area (Å²) in [5.74, 6) is 1.01. The van der Waals surface area contributed by atoms with Gasteiger partial charge < -0.3 is 15.4 Å². The van der Waals surface area contributed by atoms with Crippen LogP contribution in [0.4, 0.5) is 11.4 Å². The number of hydrogen-bond acceptors (Lipinski definition) is 3. The van der Waals surface area contributed by atoms with Crippen molar-refractivity contribution in [3.05, 3.63) is 53.6 Å². The molecule has 0 radical (unpaired) electrons. The molecule has 3 rings (SSSR count). The van der Waals surface area contributed by atoms with Gasteiger partial charge in [0.2, 0.25) is 0 Å². The van der Waals surface area contributed by atoms with Gasteiger partial charge in [-0.3, -0.25) is 0 Å². The van der Waals surface area contributed by atoms with Crippen LogP contribution in [-0.4, -0.2) is 12.1 Å². The number of rotatable bonds is 4. The number of anilines is 2. The molecule has 0 fully saturated rings. The van der Waals surface area contributed by atoms with E-state index in [2.05, 4.69) is 56.0 Å². The second-order valence-corrected chi connectivity index (χ2v) is 6.56. The average Bonchev–Trinajstić information content (AvgIpc) is 2.56. The Labute approximate surface area is 139 Å². The van der Waals surface area contributed by atoms with Gasteiger partial charge in [0.15, 0.2) is 0 Å². The summed E-state index contributed by atoms with van der Waals surface area (Å²) in [6.45, 7) is 8.33. The van der Waals surface area contributed by atoms with Crippen LogP contribution in [0.2, 0.25) is 0 Å². The molecule has 2 N–H and O–H groups in total. The second-order valence-electron chi connectivity index (χ2n) is 6.56. The molecular formula is C20H26N2O. The van der Waals surface area contributed by atoms with Gasteiger partial charge in [-0.1, -0.05) is 32.0 Å². The van der Waals surface area contributed by atoms with E-state index in [1.54, 1.807) is 0 Å². The highest BCUT2D eigenvalue weighted by Gasteiger charge is 2.36. The molecule has 2 aromatic carbocycles. The summed E-state index contributed by atoms with van der Waals surface area (Å²) in [5.41, 5.74) is 10.2. The first-order valence-electron chi connectivity index (χ1n) is 8.44. The first-order chi connectivity index (χ1) is 11.0. The summed E-state index contributed by atoms with van der Waals surface area (Å²) in [6.07, 6.45) is 2.02. The molecule has 0 bridgehead atoms. The molecule has 0 atom stereocenters. The summed E-state index contributed by atoms with van der Waals surface area (Å²) >= 11 is 0. The number of nitrogen functional groups attached to an aromatic ring is 1. The Morgan fingerprint density at radius 1 is 1.09 bits per heavy atom. The lowest BCUT2D eigenvalue weighted by Gasteiger charge is -2.44. The van der Waals surface area contributed by atoms with Crippen molar-refractivity contribution in [2.24, 2.45) is 0 Å². The minimum absolute atomic E-state index is 0.103. The molecule has 0 aromatic heterocycles. The molecule has 0 spiro atoms. The Bertz CT molecular complexity index is 675. The number of ether oxygens (including phenoxy) is 1. The van der Waals surface area contributed by atoms with Crippen molar-refractivity contribution in [1.82, 2.24) is 0 Å². The van der Waals surface area contributed by atoms with Gasteiger partial charge in [0, 0.05) is 12.2 Å². The largest absolute Gasteiger partial charge is 0.483 e. The zero-order valence-corrected chi connectivity index (χ0v) is 14.3. The van der Waals surface area contributed by atoms with E-state index in [1.165, 1.54) is 16.8 Å². The quantitative estimate of drug-likeness (QED) is 0.843. The van der Waals surface area contributed by atoms with Gasteiger partial charge in [-0.2, -0.15) is 0 Å². The monoisotopic (exact) mass is 310 g/mol. The summed E-state index contributed by atoms with van der Waals surface area (Å²) in [5, 5.41) is 0. The van der Waals surface area contributed by atoms with Crippen molar-refractivity contribution >= 4 is 11.4 Å². The fourth-order valence-corrected chi connectivity index (χ4v) is 3.27. The minimum atomic E-state index is -0.103. The average molecular weight is 310 g/mol. The molecular weight excluding hydrogens is 284 g/mol. The lowest BCUT2D eigenvalue weighted by Crippen LogP contribution is -2.50. The molecule has 3 heteroatoms. The zero-order chi connectivity index (χ0) is 16.4. The molecule has 0 aliphatic carbocycles. The number of nitrogens with zero attached hydrogens (tertiary/aromatic N) is 1.